The Hall–Kier alpha value is -2.25. The summed E-state index contributed by atoms with van der Waals surface area (Å²) >= 11 is 1.43. The summed E-state index contributed by atoms with van der Waals surface area (Å²) in [6.07, 6.45) is 1.34. The van der Waals surface area contributed by atoms with Crippen molar-refractivity contribution in [3.05, 3.63) is 46.5 Å². The summed E-state index contributed by atoms with van der Waals surface area (Å²) in [6, 6.07) is 7.49. The number of likely N-dealkylation sites (tertiary alicyclic amines) is 1. The van der Waals surface area contributed by atoms with E-state index in [2.05, 4.69) is 10.3 Å². The van der Waals surface area contributed by atoms with E-state index in [4.69, 9.17) is 4.74 Å². The van der Waals surface area contributed by atoms with Crippen molar-refractivity contribution in [2.75, 3.05) is 25.5 Å². The van der Waals surface area contributed by atoms with Crippen molar-refractivity contribution in [2.45, 2.75) is 26.4 Å². The minimum absolute atomic E-state index is 0.00429. The highest BCUT2D eigenvalue weighted by Crippen LogP contribution is 2.22. The van der Waals surface area contributed by atoms with Gasteiger partial charge in [-0.05, 0) is 37.5 Å². The van der Waals surface area contributed by atoms with E-state index in [0.717, 1.165) is 11.3 Å². The number of amides is 2. The van der Waals surface area contributed by atoms with Gasteiger partial charge in [-0.1, -0.05) is 12.1 Å². The number of benzene rings is 1. The van der Waals surface area contributed by atoms with Gasteiger partial charge in [0.05, 0.1) is 12.3 Å². The number of hydrogen-bond donors (Lipinski definition) is 1. The number of anilines is 1. The second-order valence-electron chi connectivity index (χ2n) is 6.48. The number of hydrogen-bond acceptors (Lipinski definition) is 5. The summed E-state index contributed by atoms with van der Waals surface area (Å²) in [5.74, 6) is -0.0638. The first-order valence-corrected chi connectivity index (χ1v) is 9.55. The van der Waals surface area contributed by atoms with Crippen molar-refractivity contribution in [1.29, 1.82) is 0 Å². The number of carbonyl (C=O) groups is 2. The van der Waals surface area contributed by atoms with Crippen LogP contribution < -0.4 is 5.32 Å². The summed E-state index contributed by atoms with van der Waals surface area (Å²) in [7, 11) is 1.65. The van der Waals surface area contributed by atoms with Crippen LogP contribution in [0.5, 0.6) is 0 Å². The van der Waals surface area contributed by atoms with Crippen LogP contribution >= 0.6 is 11.3 Å². The topological polar surface area (TPSA) is 71.5 Å². The first-order chi connectivity index (χ1) is 12.6. The molecule has 0 radical (unpaired) electrons. The van der Waals surface area contributed by atoms with Gasteiger partial charge < -0.3 is 15.0 Å². The molecular formula is C19H23N3O3S. The maximum absolute atomic E-state index is 12.6. The Labute approximate surface area is 157 Å². The number of thiazole rings is 1. The monoisotopic (exact) mass is 373 g/mol. The number of ether oxygens (including phenoxy) is 1. The van der Waals surface area contributed by atoms with Crippen LogP contribution in [0.1, 0.15) is 34.5 Å². The zero-order valence-electron chi connectivity index (χ0n) is 15.0. The van der Waals surface area contributed by atoms with E-state index >= 15 is 0 Å². The van der Waals surface area contributed by atoms with E-state index < -0.39 is 0 Å². The van der Waals surface area contributed by atoms with Crippen LogP contribution in [0.25, 0.3) is 0 Å². The van der Waals surface area contributed by atoms with Crippen LogP contribution in [-0.4, -0.2) is 41.9 Å². The van der Waals surface area contributed by atoms with Gasteiger partial charge in [-0.2, -0.15) is 0 Å². The minimum atomic E-state index is -0.0765. The normalized spacial score (nSPS) is 15.1. The van der Waals surface area contributed by atoms with E-state index in [1.165, 1.54) is 11.3 Å². The Balaban J connectivity index is 1.52. The van der Waals surface area contributed by atoms with Gasteiger partial charge in [0, 0.05) is 37.1 Å². The van der Waals surface area contributed by atoms with Crippen LogP contribution in [0.3, 0.4) is 0 Å². The molecule has 138 valence electrons. The maximum atomic E-state index is 12.6. The SMILES string of the molecule is COCc1ccc(C(=O)N2CCC(C(=O)Nc3nc(C)cs3)CC2)cc1. The van der Waals surface area contributed by atoms with Crippen LogP contribution in [0.4, 0.5) is 5.13 Å². The smallest absolute Gasteiger partial charge is 0.253 e. The lowest BCUT2D eigenvalue weighted by molar-refractivity contribution is -0.121. The molecule has 0 spiro atoms. The summed E-state index contributed by atoms with van der Waals surface area (Å²) in [4.78, 5) is 31.1. The molecule has 26 heavy (non-hydrogen) atoms. The number of nitrogens with one attached hydrogen (secondary N) is 1. The lowest BCUT2D eigenvalue weighted by atomic mass is 9.95. The molecule has 2 amide bonds. The van der Waals surface area contributed by atoms with Crippen LogP contribution in [0, 0.1) is 12.8 Å². The number of piperidine rings is 1. The van der Waals surface area contributed by atoms with Gasteiger partial charge >= 0.3 is 0 Å². The molecule has 6 nitrogen and oxygen atoms in total. The third kappa shape index (κ3) is 4.47. The maximum Gasteiger partial charge on any atom is 0.253 e. The Morgan fingerprint density at radius 3 is 2.54 bits per heavy atom. The summed E-state index contributed by atoms with van der Waals surface area (Å²) in [5.41, 5.74) is 2.62. The predicted molar refractivity (Wildman–Crippen MR) is 101 cm³/mol. The predicted octanol–water partition coefficient (Wildman–Crippen LogP) is 3.09. The van der Waals surface area contributed by atoms with Crippen molar-refractivity contribution in [1.82, 2.24) is 9.88 Å². The molecule has 2 aromatic rings. The van der Waals surface area contributed by atoms with E-state index in [1.54, 1.807) is 7.11 Å². The van der Waals surface area contributed by atoms with Gasteiger partial charge in [-0.25, -0.2) is 4.98 Å². The standard InChI is InChI=1S/C19H23N3O3S/c1-13-12-26-19(20-13)21-17(23)15-7-9-22(10-8-15)18(24)16-5-3-14(4-6-16)11-25-2/h3-6,12,15H,7-11H2,1-2H3,(H,20,21,23). The average Bonchev–Trinajstić information content (AvgIpc) is 3.07. The molecule has 1 saturated heterocycles. The highest BCUT2D eigenvalue weighted by Gasteiger charge is 2.28. The largest absolute Gasteiger partial charge is 0.380 e. The third-order valence-corrected chi connectivity index (χ3v) is 5.39. The fraction of sp³-hybridized carbons (Fsp3) is 0.421. The summed E-state index contributed by atoms with van der Waals surface area (Å²) in [5, 5.41) is 5.43. The highest BCUT2D eigenvalue weighted by molar-refractivity contribution is 7.13. The molecule has 1 aliphatic heterocycles. The summed E-state index contributed by atoms with van der Waals surface area (Å²) < 4.78 is 5.09. The van der Waals surface area contributed by atoms with Crippen LogP contribution in [-0.2, 0) is 16.1 Å². The molecule has 1 aromatic carbocycles. The first-order valence-electron chi connectivity index (χ1n) is 8.67. The van der Waals surface area contributed by atoms with Gasteiger partial charge in [0.25, 0.3) is 5.91 Å². The molecule has 0 aliphatic carbocycles. The second-order valence-corrected chi connectivity index (χ2v) is 7.34. The number of methoxy groups -OCH3 is 1. The molecule has 0 atom stereocenters. The Morgan fingerprint density at radius 2 is 1.96 bits per heavy atom. The Bertz CT molecular complexity index is 765. The molecule has 3 rings (SSSR count). The van der Waals surface area contributed by atoms with E-state index in [9.17, 15) is 9.59 Å². The van der Waals surface area contributed by atoms with Gasteiger partial charge in [0.1, 0.15) is 0 Å². The van der Waals surface area contributed by atoms with Crippen molar-refractivity contribution >= 4 is 28.3 Å². The first kappa shape index (κ1) is 18.5. The molecule has 1 aliphatic rings. The quantitative estimate of drug-likeness (QED) is 0.874. The number of aromatic nitrogens is 1. The van der Waals surface area contributed by atoms with Crippen molar-refractivity contribution < 1.29 is 14.3 Å². The summed E-state index contributed by atoms with van der Waals surface area (Å²) in [6.45, 7) is 3.62. The zero-order chi connectivity index (χ0) is 18.5. The van der Waals surface area contributed by atoms with E-state index in [-0.39, 0.29) is 17.7 Å². The number of rotatable bonds is 5. The van der Waals surface area contributed by atoms with E-state index in [0.29, 0.717) is 43.2 Å². The van der Waals surface area contributed by atoms with Gasteiger partial charge in [-0.15, -0.1) is 11.3 Å². The Kier molecular flexibility index (Phi) is 6.00. The lowest BCUT2D eigenvalue weighted by Gasteiger charge is -2.31. The second kappa shape index (κ2) is 8.42. The molecule has 2 heterocycles. The lowest BCUT2D eigenvalue weighted by Crippen LogP contribution is -2.41. The average molecular weight is 373 g/mol. The number of nitrogens with zero attached hydrogens (tertiary/aromatic N) is 2. The zero-order valence-corrected chi connectivity index (χ0v) is 15.8. The molecule has 1 N–H and O–H groups in total. The van der Waals surface area contributed by atoms with Crippen LogP contribution in [0.2, 0.25) is 0 Å². The minimum Gasteiger partial charge on any atom is -0.380 e. The molecule has 0 saturated carbocycles. The third-order valence-electron chi connectivity index (χ3n) is 4.51. The molecule has 0 bridgehead atoms. The molecule has 1 aromatic heterocycles. The molecule has 1 fully saturated rings. The molecule has 0 unspecified atom stereocenters. The fourth-order valence-electron chi connectivity index (χ4n) is 3.06. The molecule has 7 heteroatoms. The van der Waals surface area contributed by atoms with Gasteiger partial charge in [0.2, 0.25) is 5.91 Å². The van der Waals surface area contributed by atoms with Crippen molar-refractivity contribution in [3.63, 3.8) is 0 Å². The highest BCUT2D eigenvalue weighted by atomic mass is 32.1. The van der Waals surface area contributed by atoms with Gasteiger partial charge in [-0.3, -0.25) is 9.59 Å². The van der Waals surface area contributed by atoms with Crippen LogP contribution in [0.15, 0.2) is 29.6 Å². The van der Waals surface area contributed by atoms with E-state index in [1.807, 2.05) is 41.5 Å². The Morgan fingerprint density at radius 1 is 1.27 bits per heavy atom. The van der Waals surface area contributed by atoms with Gasteiger partial charge in [0.15, 0.2) is 5.13 Å². The van der Waals surface area contributed by atoms with Crippen molar-refractivity contribution in [2.24, 2.45) is 5.92 Å². The number of aryl methyl sites for hydroxylation is 1. The number of carbonyl (C=O) groups excluding carboxylic acids is 2. The van der Waals surface area contributed by atoms with Crippen molar-refractivity contribution in [3.8, 4) is 0 Å². The molecular weight excluding hydrogens is 350 g/mol. The fourth-order valence-corrected chi connectivity index (χ4v) is 3.75.